The lowest BCUT2D eigenvalue weighted by Crippen LogP contribution is -2.10. The largest absolute Gasteiger partial charge is 0.496 e. The van der Waals surface area contributed by atoms with Gasteiger partial charge in [0.25, 0.3) is 0 Å². The summed E-state index contributed by atoms with van der Waals surface area (Å²) in [4.78, 5) is 4.25. The highest BCUT2D eigenvalue weighted by atomic mass is 32.1. The van der Waals surface area contributed by atoms with Gasteiger partial charge in [0.15, 0.2) is 0 Å². The molecule has 1 aromatic heterocycles. The number of nitrogens with zero attached hydrogens (tertiary/aromatic N) is 1. The lowest BCUT2D eigenvalue weighted by atomic mass is 10.1. The average Bonchev–Trinajstić information content (AvgIpc) is 2.94. The van der Waals surface area contributed by atoms with Gasteiger partial charge >= 0.3 is 0 Å². The number of methoxy groups -OCH3 is 1. The quantitative estimate of drug-likeness (QED) is 0.763. The smallest absolute Gasteiger partial charge is 0.132 e. The molecule has 1 unspecified atom stereocenters. The van der Waals surface area contributed by atoms with E-state index in [2.05, 4.69) is 10.3 Å². The van der Waals surface area contributed by atoms with Gasteiger partial charge in [-0.25, -0.2) is 9.37 Å². The molecule has 0 fully saturated rings. The lowest BCUT2D eigenvalue weighted by Gasteiger charge is -2.19. The molecule has 0 saturated heterocycles. The third kappa shape index (κ3) is 2.69. The van der Waals surface area contributed by atoms with Crippen LogP contribution in [0.1, 0.15) is 18.5 Å². The zero-order chi connectivity index (χ0) is 14.8. The number of nitrogens with one attached hydrogen (secondary N) is 1. The van der Waals surface area contributed by atoms with Crippen LogP contribution in [0.2, 0.25) is 0 Å². The van der Waals surface area contributed by atoms with Gasteiger partial charge in [0.2, 0.25) is 0 Å². The second-order valence-electron chi connectivity index (χ2n) is 4.76. The Hall–Kier alpha value is -2.14. The lowest BCUT2D eigenvalue weighted by molar-refractivity contribution is 0.402. The van der Waals surface area contributed by atoms with Crippen molar-refractivity contribution >= 4 is 27.2 Å². The number of anilines is 1. The fourth-order valence-corrected chi connectivity index (χ4v) is 3.10. The van der Waals surface area contributed by atoms with Crippen LogP contribution < -0.4 is 10.1 Å². The molecule has 3 rings (SSSR count). The van der Waals surface area contributed by atoms with E-state index in [0.29, 0.717) is 11.3 Å². The molecular formula is C16H15FN2OS. The topological polar surface area (TPSA) is 34.1 Å². The van der Waals surface area contributed by atoms with Gasteiger partial charge in [0.1, 0.15) is 11.6 Å². The van der Waals surface area contributed by atoms with Gasteiger partial charge < -0.3 is 10.1 Å². The number of hydrogen-bond acceptors (Lipinski definition) is 4. The molecule has 21 heavy (non-hydrogen) atoms. The van der Waals surface area contributed by atoms with Gasteiger partial charge in [0.05, 0.1) is 34.4 Å². The summed E-state index contributed by atoms with van der Waals surface area (Å²) in [6.07, 6.45) is 0. The van der Waals surface area contributed by atoms with Crippen LogP contribution in [-0.2, 0) is 0 Å². The first-order valence-electron chi connectivity index (χ1n) is 6.61. The highest BCUT2D eigenvalue weighted by Crippen LogP contribution is 2.31. The van der Waals surface area contributed by atoms with E-state index in [0.717, 1.165) is 15.9 Å². The molecule has 3 nitrogen and oxygen atoms in total. The Morgan fingerprint density at radius 1 is 1.29 bits per heavy atom. The van der Waals surface area contributed by atoms with Crippen LogP contribution in [0.3, 0.4) is 0 Å². The van der Waals surface area contributed by atoms with Crippen molar-refractivity contribution in [2.75, 3.05) is 12.4 Å². The predicted octanol–water partition coefficient (Wildman–Crippen LogP) is 4.62. The Kier molecular flexibility index (Phi) is 3.75. The number of ether oxygens (including phenoxy) is 1. The Labute approximate surface area is 126 Å². The molecule has 0 aliphatic heterocycles. The van der Waals surface area contributed by atoms with E-state index < -0.39 is 0 Å². The van der Waals surface area contributed by atoms with Crippen LogP contribution in [0.5, 0.6) is 5.75 Å². The van der Waals surface area contributed by atoms with Gasteiger partial charge in [-0.05, 0) is 37.3 Å². The summed E-state index contributed by atoms with van der Waals surface area (Å²) >= 11 is 1.59. The van der Waals surface area contributed by atoms with Crippen LogP contribution in [0.15, 0.2) is 41.9 Å². The number of thiazole rings is 1. The van der Waals surface area contributed by atoms with Crippen molar-refractivity contribution in [3.05, 3.63) is 53.3 Å². The number of fused-ring (bicyclic) bond motifs is 1. The van der Waals surface area contributed by atoms with E-state index in [1.807, 2.05) is 30.6 Å². The maximum absolute atomic E-state index is 14.1. The third-order valence-electron chi connectivity index (χ3n) is 3.38. The minimum atomic E-state index is -0.270. The van der Waals surface area contributed by atoms with E-state index in [4.69, 9.17) is 4.74 Å². The average molecular weight is 302 g/mol. The van der Waals surface area contributed by atoms with Crippen LogP contribution >= 0.6 is 11.3 Å². The molecule has 0 radical (unpaired) electrons. The molecule has 0 spiro atoms. The Morgan fingerprint density at radius 3 is 2.95 bits per heavy atom. The summed E-state index contributed by atoms with van der Waals surface area (Å²) in [5.74, 6) is 0.280. The zero-order valence-electron chi connectivity index (χ0n) is 11.8. The van der Waals surface area contributed by atoms with Crippen molar-refractivity contribution in [3.63, 3.8) is 0 Å². The monoisotopic (exact) mass is 302 g/mol. The van der Waals surface area contributed by atoms with Crippen LogP contribution in [0, 0.1) is 5.82 Å². The van der Waals surface area contributed by atoms with Gasteiger partial charge in [-0.2, -0.15) is 0 Å². The highest BCUT2D eigenvalue weighted by Gasteiger charge is 2.16. The molecule has 3 aromatic rings. The highest BCUT2D eigenvalue weighted by molar-refractivity contribution is 7.16. The van der Waals surface area contributed by atoms with Crippen molar-refractivity contribution in [2.24, 2.45) is 0 Å². The van der Waals surface area contributed by atoms with Crippen molar-refractivity contribution in [1.29, 1.82) is 0 Å². The van der Waals surface area contributed by atoms with E-state index in [1.54, 1.807) is 30.6 Å². The van der Waals surface area contributed by atoms with Crippen molar-refractivity contribution in [1.82, 2.24) is 4.98 Å². The van der Waals surface area contributed by atoms with Gasteiger partial charge in [-0.3, -0.25) is 0 Å². The van der Waals surface area contributed by atoms with E-state index in [-0.39, 0.29) is 11.9 Å². The molecule has 0 saturated carbocycles. The summed E-state index contributed by atoms with van der Waals surface area (Å²) < 4.78 is 20.4. The fraction of sp³-hybridized carbons (Fsp3) is 0.188. The molecule has 0 bridgehead atoms. The van der Waals surface area contributed by atoms with Crippen LogP contribution in [0.4, 0.5) is 10.1 Å². The van der Waals surface area contributed by atoms with Crippen molar-refractivity contribution in [3.8, 4) is 5.75 Å². The summed E-state index contributed by atoms with van der Waals surface area (Å²) in [5, 5.41) is 3.31. The molecule has 1 atom stereocenters. The number of hydrogen-bond donors (Lipinski definition) is 1. The summed E-state index contributed by atoms with van der Waals surface area (Å²) in [7, 11) is 1.55. The summed E-state index contributed by atoms with van der Waals surface area (Å²) in [6, 6.07) is 10.6. The van der Waals surface area contributed by atoms with Crippen molar-refractivity contribution in [2.45, 2.75) is 13.0 Å². The number of aromatic nitrogens is 1. The van der Waals surface area contributed by atoms with E-state index in [9.17, 15) is 4.39 Å². The standard InChI is InChI=1S/C16H15FN2OS/c1-10(16-12(17)4-3-5-14(16)20-2)19-11-6-7-13-15(8-11)21-9-18-13/h3-10,19H,1-2H3. The van der Waals surface area contributed by atoms with Crippen molar-refractivity contribution < 1.29 is 9.13 Å². The van der Waals surface area contributed by atoms with Gasteiger partial charge in [-0.1, -0.05) is 6.07 Å². The normalized spacial score (nSPS) is 12.3. The minimum absolute atomic E-state index is 0.202. The number of benzene rings is 2. The molecule has 108 valence electrons. The van der Waals surface area contributed by atoms with E-state index >= 15 is 0 Å². The second kappa shape index (κ2) is 5.69. The third-order valence-corrected chi connectivity index (χ3v) is 4.17. The summed E-state index contributed by atoms with van der Waals surface area (Å²) in [6.45, 7) is 1.91. The second-order valence-corrected chi connectivity index (χ2v) is 5.64. The first kappa shape index (κ1) is 13.8. The maximum atomic E-state index is 14.1. The molecule has 1 N–H and O–H groups in total. The SMILES string of the molecule is COc1cccc(F)c1C(C)Nc1ccc2ncsc2c1. The Bertz CT molecular complexity index is 772. The zero-order valence-corrected chi connectivity index (χ0v) is 12.6. The minimum Gasteiger partial charge on any atom is -0.496 e. The van der Waals surface area contributed by atoms with E-state index in [1.165, 1.54) is 6.07 Å². The Balaban J connectivity index is 1.90. The molecule has 2 aromatic carbocycles. The first-order valence-corrected chi connectivity index (χ1v) is 7.49. The predicted molar refractivity (Wildman–Crippen MR) is 84.6 cm³/mol. The Morgan fingerprint density at radius 2 is 2.14 bits per heavy atom. The maximum Gasteiger partial charge on any atom is 0.132 e. The number of rotatable bonds is 4. The molecule has 1 heterocycles. The van der Waals surface area contributed by atoms with Crippen LogP contribution in [0.25, 0.3) is 10.2 Å². The van der Waals surface area contributed by atoms with Crippen LogP contribution in [-0.4, -0.2) is 12.1 Å². The van der Waals surface area contributed by atoms with Gasteiger partial charge in [-0.15, -0.1) is 11.3 Å². The van der Waals surface area contributed by atoms with Gasteiger partial charge in [0, 0.05) is 5.69 Å². The molecular weight excluding hydrogens is 287 g/mol. The molecule has 0 aliphatic carbocycles. The molecule has 0 aliphatic rings. The summed E-state index contributed by atoms with van der Waals surface area (Å²) in [5.41, 5.74) is 4.26. The number of halogens is 1. The fourth-order valence-electron chi connectivity index (χ4n) is 2.38. The molecule has 5 heteroatoms. The molecule has 0 amide bonds. The first-order chi connectivity index (χ1) is 10.2.